The largest absolute Gasteiger partial charge is 0.416 e. The second kappa shape index (κ2) is 7.20. The summed E-state index contributed by atoms with van der Waals surface area (Å²) >= 11 is 3.16. The Morgan fingerprint density at radius 3 is 2.48 bits per heavy atom. The average molecular weight is 444 g/mol. The van der Waals surface area contributed by atoms with Gasteiger partial charge in [-0.3, -0.25) is 4.79 Å². The number of nitrogens with zero attached hydrogens (tertiary/aromatic N) is 2. The number of nitrogens with one attached hydrogen (secondary N) is 1. The molecule has 27 heavy (non-hydrogen) atoms. The number of rotatable bonds is 5. The molecule has 0 bridgehead atoms. The lowest BCUT2D eigenvalue weighted by atomic mass is 10.0. The van der Waals surface area contributed by atoms with Crippen LogP contribution in [0.2, 0.25) is 0 Å². The van der Waals surface area contributed by atoms with Crippen LogP contribution in [0.1, 0.15) is 35.8 Å². The van der Waals surface area contributed by atoms with Gasteiger partial charge in [-0.2, -0.15) is 13.2 Å². The number of carbonyl (C=O) groups excluding carboxylic acids is 1. The maximum absolute atomic E-state index is 12.7. The Morgan fingerprint density at radius 2 is 1.93 bits per heavy atom. The van der Waals surface area contributed by atoms with Crippen LogP contribution in [0.4, 0.5) is 13.2 Å². The first-order valence-corrected chi connectivity index (χ1v) is 9.08. The Morgan fingerprint density at radius 1 is 1.30 bits per heavy atom. The van der Waals surface area contributed by atoms with E-state index in [1.165, 1.54) is 18.3 Å². The van der Waals surface area contributed by atoms with Crippen LogP contribution >= 0.6 is 15.9 Å². The number of carbonyl (C=O) groups is 1. The molecule has 0 radical (unpaired) electrons. The van der Waals surface area contributed by atoms with E-state index in [2.05, 4.69) is 31.2 Å². The monoisotopic (exact) mass is 443 g/mol. The quantitative estimate of drug-likeness (QED) is 0.736. The lowest BCUT2D eigenvalue weighted by Crippen LogP contribution is -2.42. The Kier molecular flexibility index (Phi) is 5.27. The predicted octanol–water partition coefficient (Wildman–Crippen LogP) is 3.82. The number of benzene rings is 1. The molecule has 1 saturated carbocycles. The van der Waals surface area contributed by atoms with Crippen LogP contribution in [0.3, 0.4) is 0 Å². The molecule has 1 heterocycles. The van der Waals surface area contributed by atoms with Crippen LogP contribution in [0.25, 0.3) is 11.3 Å². The van der Waals surface area contributed by atoms with Gasteiger partial charge >= 0.3 is 6.18 Å². The Balaban J connectivity index is 1.78. The first-order chi connectivity index (χ1) is 12.6. The molecule has 144 valence electrons. The number of hydrogen-bond donors (Lipinski definition) is 2. The molecular formula is C18H17BrF3N3O2. The van der Waals surface area contributed by atoms with Crippen molar-refractivity contribution in [1.82, 2.24) is 15.3 Å². The minimum absolute atomic E-state index is 0.000931. The number of amides is 1. The van der Waals surface area contributed by atoms with E-state index in [0.717, 1.165) is 25.0 Å². The van der Waals surface area contributed by atoms with Gasteiger partial charge in [0.05, 0.1) is 23.1 Å². The van der Waals surface area contributed by atoms with E-state index >= 15 is 0 Å². The van der Waals surface area contributed by atoms with E-state index in [0.29, 0.717) is 5.56 Å². The molecule has 1 amide bonds. The summed E-state index contributed by atoms with van der Waals surface area (Å²) in [5.74, 6) is -0.352. The van der Waals surface area contributed by atoms with Gasteiger partial charge in [0, 0.05) is 12.1 Å². The van der Waals surface area contributed by atoms with Crippen molar-refractivity contribution in [3.63, 3.8) is 0 Å². The van der Waals surface area contributed by atoms with Gasteiger partial charge in [0.25, 0.3) is 5.91 Å². The van der Waals surface area contributed by atoms with E-state index in [9.17, 15) is 23.1 Å². The summed E-state index contributed by atoms with van der Waals surface area (Å²) in [6.07, 6.45) is -1.21. The number of aromatic nitrogens is 2. The molecule has 0 saturated heterocycles. The molecular weight excluding hydrogens is 427 g/mol. The average Bonchev–Trinajstić information content (AvgIpc) is 3.45. The lowest BCUT2D eigenvalue weighted by molar-refractivity contribution is -0.137. The maximum Gasteiger partial charge on any atom is 0.416 e. The van der Waals surface area contributed by atoms with Crippen molar-refractivity contribution < 1.29 is 23.1 Å². The molecule has 0 spiro atoms. The number of aliphatic hydroxyl groups is 1. The molecule has 1 aromatic carbocycles. The summed E-state index contributed by atoms with van der Waals surface area (Å²) in [5, 5.41) is 12.9. The highest BCUT2D eigenvalue weighted by atomic mass is 79.9. The van der Waals surface area contributed by atoms with E-state index in [1.807, 2.05) is 0 Å². The molecule has 1 fully saturated rings. The summed E-state index contributed by atoms with van der Waals surface area (Å²) in [4.78, 5) is 20.7. The van der Waals surface area contributed by atoms with Crippen molar-refractivity contribution in [2.45, 2.75) is 31.5 Å². The van der Waals surface area contributed by atoms with Crippen molar-refractivity contribution in [3.05, 3.63) is 46.3 Å². The molecule has 9 heteroatoms. The number of halogens is 4. The predicted molar refractivity (Wildman–Crippen MR) is 95.9 cm³/mol. The van der Waals surface area contributed by atoms with Gasteiger partial charge in [-0.05, 0) is 53.7 Å². The zero-order chi connectivity index (χ0) is 19.8. The summed E-state index contributed by atoms with van der Waals surface area (Å²) in [5.41, 5.74) is -1.08. The van der Waals surface area contributed by atoms with Crippen LogP contribution in [0.5, 0.6) is 0 Å². The van der Waals surface area contributed by atoms with Crippen molar-refractivity contribution in [2.75, 3.05) is 6.54 Å². The van der Waals surface area contributed by atoms with Crippen molar-refractivity contribution in [1.29, 1.82) is 0 Å². The zero-order valence-corrected chi connectivity index (χ0v) is 15.9. The molecule has 2 N–H and O–H groups in total. The van der Waals surface area contributed by atoms with E-state index in [4.69, 9.17) is 0 Å². The van der Waals surface area contributed by atoms with E-state index in [1.54, 1.807) is 6.92 Å². The third-order valence-electron chi connectivity index (χ3n) is 4.51. The van der Waals surface area contributed by atoms with Gasteiger partial charge in [0.2, 0.25) is 0 Å². The van der Waals surface area contributed by atoms with Crippen molar-refractivity contribution in [3.8, 4) is 11.3 Å². The third kappa shape index (κ3) is 4.65. The highest BCUT2D eigenvalue weighted by Crippen LogP contribution is 2.39. The Hall–Kier alpha value is -2.00. The molecule has 0 aliphatic heterocycles. The van der Waals surface area contributed by atoms with Crippen LogP contribution in [-0.2, 0) is 6.18 Å². The van der Waals surface area contributed by atoms with E-state index < -0.39 is 23.2 Å². The lowest BCUT2D eigenvalue weighted by Gasteiger charge is -2.23. The topological polar surface area (TPSA) is 75.1 Å². The second-order valence-electron chi connectivity index (χ2n) is 6.78. The van der Waals surface area contributed by atoms with Crippen LogP contribution in [0.15, 0.2) is 35.1 Å². The third-order valence-corrected chi connectivity index (χ3v) is 5.09. The Bertz CT molecular complexity index is 850. The summed E-state index contributed by atoms with van der Waals surface area (Å²) in [6, 6.07) is 4.46. The van der Waals surface area contributed by atoms with E-state index in [-0.39, 0.29) is 28.5 Å². The molecule has 1 unspecified atom stereocenters. The normalized spacial score (nSPS) is 16.7. The molecule has 1 atom stereocenters. The number of alkyl halides is 3. The smallest absolute Gasteiger partial charge is 0.388 e. The minimum atomic E-state index is -4.42. The van der Waals surface area contributed by atoms with Crippen LogP contribution < -0.4 is 5.32 Å². The summed E-state index contributed by atoms with van der Waals surface area (Å²) in [7, 11) is 0. The fraction of sp³-hybridized carbons (Fsp3) is 0.389. The first-order valence-electron chi connectivity index (χ1n) is 8.29. The highest BCUT2D eigenvalue weighted by molar-refractivity contribution is 9.10. The van der Waals surface area contributed by atoms with Crippen LogP contribution in [0, 0.1) is 5.92 Å². The fourth-order valence-corrected chi connectivity index (χ4v) is 3.05. The SMILES string of the molecule is CC(O)(CNC(=O)c1nc(-c2ccc(C(F)(F)F)cc2)cnc1Br)C1CC1. The van der Waals surface area contributed by atoms with Gasteiger partial charge in [-0.25, -0.2) is 9.97 Å². The second-order valence-corrected chi connectivity index (χ2v) is 7.54. The molecule has 2 aromatic rings. The van der Waals surface area contributed by atoms with Gasteiger partial charge < -0.3 is 10.4 Å². The summed E-state index contributed by atoms with van der Waals surface area (Å²) < 4.78 is 38.2. The molecule has 1 aromatic heterocycles. The Labute approximate surface area is 162 Å². The van der Waals surface area contributed by atoms with Crippen molar-refractivity contribution in [2.24, 2.45) is 5.92 Å². The number of hydrogen-bond acceptors (Lipinski definition) is 4. The van der Waals surface area contributed by atoms with Gasteiger partial charge in [-0.1, -0.05) is 12.1 Å². The van der Waals surface area contributed by atoms with Crippen molar-refractivity contribution >= 4 is 21.8 Å². The van der Waals surface area contributed by atoms with Gasteiger partial charge in [0.1, 0.15) is 4.60 Å². The molecule has 1 aliphatic carbocycles. The minimum Gasteiger partial charge on any atom is -0.388 e. The van der Waals surface area contributed by atoms with Crippen LogP contribution in [-0.4, -0.2) is 33.1 Å². The van der Waals surface area contributed by atoms with Gasteiger partial charge in [-0.15, -0.1) is 0 Å². The molecule has 3 rings (SSSR count). The maximum atomic E-state index is 12.7. The first kappa shape index (κ1) is 19.8. The fourth-order valence-electron chi connectivity index (χ4n) is 2.68. The molecule has 1 aliphatic rings. The zero-order valence-electron chi connectivity index (χ0n) is 14.3. The standard InChI is InChI=1S/C18H17BrF3N3O2/c1-17(27,11-6-7-11)9-24-16(26)14-15(19)23-8-13(25-14)10-2-4-12(5-3-10)18(20,21)22/h2-5,8,11,27H,6-7,9H2,1H3,(H,24,26). The summed E-state index contributed by atoms with van der Waals surface area (Å²) in [6.45, 7) is 1.75. The molecule has 5 nitrogen and oxygen atoms in total. The van der Waals surface area contributed by atoms with Gasteiger partial charge in [0.15, 0.2) is 5.69 Å². The highest BCUT2D eigenvalue weighted by Gasteiger charge is 2.40.